The van der Waals surface area contributed by atoms with Gasteiger partial charge < -0.3 is 10.0 Å². The van der Waals surface area contributed by atoms with E-state index >= 15 is 0 Å². The second-order valence-electron chi connectivity index (χ2n) is 5.90. The summed E-state index contributed by atoms with van der Waals surface area (Å²) < 4.78 is 0. The predicted octanol–water partition coefficient (Wildman–Crippen LogP) is 3.46. The minimum atomic E-state index is -1.00. The number of benzene rings is 1. The molecule has 2 aromatic rings. The summed E-state index contributed by atoms with van der Waals surface area (Å²) in [5, 5.41) is 12.1. The molecule has 2 heterocycles. The molecular formula is C18H21ClN2O. The van der Waals surface area contributed by atoms with Gasteiger partial charge in [0.1, 0.15) is 5.60 Å². The van der Waals surface area contributed by atoms with Crippen molar-refractivity contribution >= 4 is 11.6 Å². The molecule has 0 saturated carbocycles. The molecule has 116 valence electrons. The van der Waals surface area contributed by atoms with Gasteiger partial charge in [0.05, 0.1) is 0 Å². The lowest BCUT2D eigenvalue weighted by Crippen LogP contribution is -2.33. The predicted molar refractivity (Wildman–Crippen MR) is 89.0 cm³/mol. The van der Waals surface area contributed by atoms with E-state index in [0.717, 1.165) is 30.8 Å². The van der Waals surface area contributed by atoms with Crippen LogP contribution in [0.1, 0.15) is 30.4 Å². The molecule has 1 fully saturated rings. The second kappa shape index (κ2) is 6.78. The summed E-state index contributed by atoms with van der Waals surface area (Å²) in [6.07, 6.45) is 6.64. The first-order valence-electron chi connectivity index (χ1n) is 7.80. The maximum absolute atomic E-state index is 11.4. The summed E-state index contributed by atoms with van der Waals surface area (Å²) in [5.74, 6) is 0. The number of aliphatic hydroxyl groups is 1. The maximum atomic E-state index is 11.4. The first kappa shape index (κ1) is 15.5. The van der Waals surface area contributed by atoms with Crippen LogP contribution in [0.5, 0.6) is 0 Å². The molecule has 0 amide bonds. The quantitative estimate of drug-likeness (QED) is 0.917. The molecule has 3 rings (SSSR count). The third-order valence-corrected chi connectivity index (χ3v) is 4.72. The van der Waals surface area contributed by atoms with Crippen LogP contribution in [0.15, 0.2) is 48.8 Å². The molecule has 1 atom stereocenters. The molecule has 0 aliphatic carbocycles. The number of pyridine rings is 1. The second-order valence-corrected chi connectivity index (χ2v) is 6.34. The Kier molecular flexibility index (Phi) is 4.77. The Morgan fingerprint density at radius 1 is 1.00 bits per heavy atom. The summed E-state index contributed by atoms with van der Waals surface area (Å²) >= 11 is 5.99. The van der Waals surface area contributed by atoms with Gasteiger partial charge in [-0.1, -0.05) is 23.7 Å². The highest BCUT2D eigenvalue weighted by molar-refractivity contribution is 6.30. The van der Waals surface area contributed by atoms with Crippen LogP contribution in [-0.4, -0.2) is 34.6 Å². The highest BCUT2D eigenvalue weighted by Gasteiger charge is 2.32. The first-order chi connectivity index (χ1) is 10.7. The van der Waals surface area contributed by atoms with Crippen molar-refractivity contribution in [1.82, 2.24) is 9.88 Å². The number of halogens is 1. The van der Waals surface area contributed by atoms with Crippen LogP contribution in [0.3, 0.4) is 0 Å². The van der Waals surface area contributed by atoms with E-state index in [9.17, 15) is 5.11 Å². The van der Waals surface area contributed by atoms with Gasteiger partial charge in [-0.25, -0.2) is 0 Å². The SMILES string of the molecule is OC(CCN1CCCC1)(c1ccncc1)c1ccc(Cl)cc1. The zero-order valence-corrected chi connectivity index (χ0v) is 13.3. The average Bonchev–Trinajstić information content (AvgIpc) is 3.08. The number of rotatable bonds is 5. The first-order valence-corrected chi connectivity index (χ1v) is 8.17. The molecule has 0 bridgehead atoms. The summed E-state index contributed by atoms with van der Waals surface area (Å²) in [4.78, 5) is 6.48. The molecule has 1 aliphatic heterocycles. The van der Waals surface area contributed by atoms with Crippen molar-refractivity contribution in [3.63, 3.8) is 0 Å². The van der Waals surface area contributed by atoms with Crippen LogP contribution in [0.25, 0.3) is 0 Å². The maximum Gasteiger partial charge on any atom is 0.116 e. The van der Waals surface area contributed by atoms with E-state index in [1.54, 1.807) is 12.4 Å². The number of hydrogen-bond donors (Lipinski definition) is 1. The van der Waals surface area contributed by atoms with Gasteiger partial charge in [0.15, 0.2) is 0 Å². The third-order valence-electron chi connectivity index (χ3n) is 4.47. The van der Waals surface area contributed by atoms with E-state index < -0.39 is 5.60 Å². The van der Waals surface area contributed by atoms with Gasteiger partial charge in [0.2, 0.25) is 0 Å². The van der Waals surface area contributed by atoms with Crippen LogP contribution >= 0.6 is 11.6 Å². The molecule has 0 spiro atoms. The number of likely N-dealkylation sites (tertiary alicyclic amines) is 1. The molecule has 0 radical (unpaired) electrons. The largest absolute Gasteiger partial charge is 0.380 e. The van der Waals surface area contributed by atoms with Gasteiger partial charge in [-0.2, -0.15) is 0 Å². The number of nitrogens with zero attached hydrogens (tertiary/aromatic N) is 2. The minimum absolute atomic E-state index is 0.665. The lowest BCUT2D eigenvalue weighted by atomic mass is 9.84. The summed E-state index contributed by atoms with van der Waals surface area (Å²) in [5.41, 5.74) is 0.752. The fraction of sp³-hybridized carbons (Fsp3) is 0.389. The molecule has 1 aliphatic rings. The molecule has 1 N–H and O–H groups in total. The van der Waals surface area contributed by atoms with Crippen LogP contribution in [0.4, 0.5) is 0 Å². The van der Waals surface area contributed by atoms with E-state index in [4.69, 9.17) is 11.6 Å². The summed E-state index contributed by atoms with van der Waals surface area (Å²) in [6, 6.07) is 11.3. The van der Waals surface area contributed by atoms with Gasteiger partial charge in [-0.3, -0.25) is 4.98 Å². The van der Waals surface area contributed by atoms with E-state index in [1.807, 2.05) is 36.4 Å². The smallest absolute Gasteiger partial charge is 0.116 e. The molecule has 4 heteroatoms. The molecule has 1 unspecified atom stereocenters. The van der Waals surface area contributed by atoms with Crippen LogP contribution in [0.2, 0.25) is 5.02 Å². The molecule has 1 saturated heterocycles. The lowest BCUT2D eigenvalue weighted by molar-refractivity contribution is 0.0601. The van der Waals surface area contributed by atoms with Gasteiger partial charge in [-0.15, -0.1) is 0 Å². The van der Waals surface area contributed by atoms with E-state index in [2.05, 4.69) is 9.88 Å². The Hall–Kier alpha value is -1.42. The fourth-order valence-electron chi connectivity index (χ4n) is 3.13. The highest BCUT2D eigenvalue weighted by atomic mass is 35.5. The minimum Gasteiger partial charge on any atom is -0.380 e. The van der Waals surface area contributed by atoms with Crippen LogP contribution in [0, 0.1) is 0 Å². The average molecular weight is 317 g/mol. The Morgan fingerprint density at radius 3 is 2.23 bits per heavy atom. The lowest BCUT2D eigenvalue weighted by Gasteiger charge is -2.31. The topological polar surface area (TPSA) is 36.4 Å². The zero-order chi connectivity index (χ0) is 15.4. The standard InChI is InChI=1S/C18H21ClN2O/c19-17-5-3-15(4-6-17)18(22,16-7-10-20-11-8-16)9-14-21-12-1-2-13-21/h3-8,10-11,22H,1-2,9,12-14H2. The number of hydrogen-bond acceptors (Lipinski definition) is 3. The van der Waals surface area contributed by atoms with Crippen LogP contribution in [-0.2, 0) is 5.60 Å². The van der Waals surface area contributed by atoms with Crippen molar-refractivity contribution in [1.29, 1.82) is 0 Å². The van der Waals surface area contributed by atoms with Gasteiger partial charge >= 0.3 is 0 Å². The Balaban J connectivity index is 1.88. The van der Waals surface area contributed by atoms with E-state index in [-0.39, 0.29) is 0 Å². The summed E-state index contributed by atoms with van der Waals surface area (Å²) in [7, 11) is 0. The van der Waals surface area contributed by atoms with Crippen molar-refractivity contribution in [2.24, 2.45) is 0 Å². The van der Waals surface area contributed by atoms with Gasteiger partial charge in [-0.05, 0) is 67.7 Å². The van der Waals surface area contributed by atoms with Crippen molar-refractivity contribution in [2.45, 2.75) is 24.9 Å². The Morgan fingerprint density at radius 2 is 1.59 bits per heavy atom. The van der Waals surface area contributed by atoms with Crippen molar-refractivity contribution in [2.75, 3.05) is 19.6 Å². The Labute approximate surface area is 136 Å². The van der Waals surface area contributed by atoms with Gasteiger partial charge in [0, 0.05) is 24.0 Å². The molecule has 22 heavy (non-hydrogen) atoms. The molecular weight excluding hydrogens is 296 g/mol. The van der Waals surface area contributed by atoms with E-state index in [0.29, 0.717) is 11.4 Å². The normalized spacial score (nSPS) is 18.3. The fourth-order valence-corrected chi connectivity index (χ4v) is 3.26. The Bertz CT molecular complexity index is 596. The van der Waals surface area contributed by atoms with E-state index in [1.165, 1.54) is 12.8 Å². The van der Waals surface area contributed by atoms with Crippen molar-refractivity contribution in [3.8, 4) is 0 Å². The highest BCUT2D eigenvalue weighted by Crippen LogP contribution is 2.34. The molecule has 1 aromatic carbocycles. The van der Waals surface area contributed by atoms with Gasteiger partial charge in [0.25, 0.3) is 0 Å². The summed E-state index contributed by atoms with van der Waals surface area (Å²) in [6.45, 7) is 3.15. The van der Waals surface area contributed by atoms with Crippen molar-refractivity contribution in [3.05, 3.63) is 64.9 Å². The van der Waals surface area contributed by atoms with Crippen molar-refractivity contribution < 1.29 is 5.11 Å². The monoisotopic (exact) mass is 316 g/mol. The molecule has 3 nitrogen and oxygen atoms in total. The third kappa shape index (κ3) is 3.32. The zero-order valence-electron chi connectivity index (χ0n) is 12.6. The number of aromatic nitrogens is 1. The van der Waals surface area contributed by atoms with Crippen LogP contribution < -0.4 is 0 Å². The molecule has 1 aromatic heterocycles.